The highest BCUT2D eigenvalue weighted by molar-refractivity contribution is 5.22. The first kappa shape index (κ1) is 16.0. The van der Waals surface area contributed by atoms with E-state index in [1.165, 1.54) is 11.1 Å². The first-order chi connectivity index (χ1) is 12.4. The smallest absolute Gasteiger partial charge is 0.243 e. The van der Waals surface area contributed by atoms with Crippen LogP contribution in [0.25, 0.3) is 0 Å². The normalized spacial score (nSPS) is 20.0. The van der Waals surface area contributed by atoms with E-state index in [9.17, 15) is 0 Å². The van der Waals surface area contributed by atoms with Crippen molar-refractivity contribution in [1.82, 2.24) is 15.5 Å². The van der Waals surface area contributed by atoms with E-state index in [4.69, 9.17) is 4.52 Å². The molecule has 4 heteroatoms. The number of aromatic nitrogens is 2. The average molecular weight is 333 g/mol. The second kappa shape index (κ2) is 7.62. The fraction of sp³-hybridized carbons (Fsp3) is 0.333. The first-order valence-electron chi connectivity index (χ1n) is 9.03. The summed E-state index contributed by atoms with van der Waals surface area (Å²) in [7, 11) is 0. The minimum atomic E-state index is 0.167. The van der Waals surface area contributed by atoms with E-state index >= 15 is 0 Å². The maximum Gasteiger partial charge on any atom is 0.243 e. The van der Waals surface area contributed by atoms with Gasteiger partial charge < -0.3 is 9.84 Å². The molecule has 0 aliphatic carbocycles. The van der Waals surface area contributed by atoms with Crippen LogP contribution in [-0.2, 0) is 12.8 Å². The van der Waals surface area contributed by atoms with Gasteiger partial charge in [0.25, 0.3) is 0 Å². The molecule has 0 amide bonds. The third-order valence-electron chi connectivity index (χ3n) is 4.89. The summed E-state index contributed by atoms with van der Waals surface area (Å²) in [5.41, 5.74) is 2.73. The number of nitrogens with zero attached hydrogens (tertiary/aromatic N) is 2. The van der Waals surface area contributed by atoms with Crippen LogP contribution < -0.4 is 5.32 Å². The lowest BCUT2D eigenvalue weighted by Crippen LogP contribution is -2.13. The molecule has 0 unspecified atom stereocenters. The van der Waals surface area contributed by atoms with Gasteiger partial charge in [0.2, 0.25) is 5.89 Å². The van der Waals surface area contributed by atoms with Crippen LogP contribution in [0, 0.1) is 0 Å². The lowest BCUT2D eigenvalue weighted by Gasteiger charge is -2.07. The molecule has 1 saturated heterocycles. The third-order valence-corrected chi connectivity index (χ3v) is 4.89. The summed E-state index contributed by atoms with van der Waals surface area (Å²) in [5, 5.41) is 7.68. The first-order valence-corrected chi connectivity index (χ1v) is 9.03. The fourth-order valence-corrected chi connectivity index (χ4v) is 3.51. The summed E-state index contributed by atoms with van der Waals surface area (Å²) in [6.45, 7) is 0.959. The van der Waals surface area contributed by atoms with E-state index in [2.05, 4.69) is 70.1 Å². The molecular formula is C21H23N3O. The lowest BCUT2D eigenvalue weighted by atomic mass is 9.96. The zero-order chi connectivity index (χ0) is 16.9. The molecule has 128 valence electrons. The molecule has 1 aliphatic heterocycles. The fourth-order valence-electron chi connectivity index (χ4n) is 3.51. The quantitative estimate of drug-likeness (QED) is 0.739. The molecule has 1 aliphatic rings. The Balaban J connectivity index is 1.31. The van der Waals surface area contributed by atoms with Gasteiger partial charge >= 0.3 is 0 Å². The van der Waals surface area contributed by atoms with Gasteiger partial charge in [-0.25, -0.2) is 0 Å². The largest absolute Gasteiger partial charge is 0.338 e. The zero-order valence-electron chi connectivity index (χ0n) is 14.3. The maximum absolute atomic E-state index is 5.51. The van der Waals surface area contributed by atoms with Crippen molar-refractivity contribution >= 4 is 0 Å². The molecule has 0 saturated carbocycles. The Hall–Kier alpha value is -2.46. The van der Waals surface area contributed by atoms with Gasteiger partial charge in [-0.15, -0.1) is 0 Å². The van der Waals surface area contributed by atoms with Crippen molar-refractivity contribution in [2.24, 2.45) is 0 Å². The van der Waals surface area contributed by atoms with Crippen LogP contribution in [0.1, 0.15) is 47.6 Å². The van der Waals surface area contributed by atoms with Gasteiger partial charge in [0.1, 0.15) is 0 Å². The van der Waals surface area contributed by atoms with E-state index < -0.39 is 0 Å². The van der Waals surface area contributed by atoms with Crippen LogP contribution in [0.2, 0.25) is 0 Å². The molecule has 25 heavy (non-hydrogen) atoms. The highest BCUT2D eigenvalue weighted by Crippen LogP contribution is 2.32. The Morgan fingerprint density at radius 2 is 1.72 bits per heavy atom. The van der Waals surface area contributed by atoms with Crippen LogP contribution in [-0.4, -0.2) is 16.7 Å². The lowest BCUT2D eigenvalue weighted by molar-refractivity contribution is 0.340. The van der Waals surface area contributed by atoms with Gasteiger partial charge in [-0.05, 0) is 36.3 Å². The molecule has 2 aromatic carbocycles. The Bertz CT molecular complexity index is 785. The maximum atomic E-state index is 5.51. The van der Waals surface area contributed by atoms with Crippen LogP contribution in [0.5, 0.6) is 0 Å². The van der Waals surface area contributed by atoms with Gasteiger partial charge in [-0.2, -0.15) is 4.98 Å². The molecular weight excluding hydrogens is 310 g/mol. The molecule has 1 N–H and O–H groups in total. The van der Waals surface area contributed by atoms with Crippen molar-refractivity contribution < 1.29 is 4.52 Å². The predicted octanol–water partition coefficient (Wildman–Crippen LogP) is 4.06. The standard InChI is InChI=1S/C21H23N3O/c1-3-8-16(9-4-1)10-7-13-20-23-21(25-24-20)19-14-18(15-22-19)17-11-5-2-6-12-17/h1-6,8-9,11-12,18-19,22H,7,10,13-15H2/t18-,19+/m1/s1. The summed E-state index contributed by atoms with van der Waals surface area (Å²) in [4.78, 5) is 4.61. The molecule has 3 aromatic rings. The minimum absolute atomic E-state index is 0.167. The topological polar surface area (TPSA) is 51.0 Å². The van der Waals surface area contributed by atoms with Gasteiger partial charge in [-0.3, -0.25) is 0 Å². The molecule has 1 aromatic heterocycles. The van der Waals surface area contributed by atoms with E-state index in [0.29, 0.717) is 5.92 Å². The zero-order valence-corrected chi connectivity index (χ0v) is 14.3. The molecule has 2 heterocycles. The molecule has 4 nitrogen and oxygen atoms in total. The van der Waals surface area contributed by atoms with Crippen molar-refractivity contribution in [2.45, 2.75) is 37.6 Å². The highest BCUT2D eigenvalue weighted by Gasteiger charge is 2.30. The van der Waals surface area contributed by atoms with Crippen molar-refractivity contribution in [3.05, 3.63) is 83.5 Å². The Kier molecular flexibility index (Phi) is 4.89. The predicted molar refractivity (Wildman–Crippen MR) is 97.3 cm³/mol. The molecule has 4 rings (SSSR count). The summed E-state index contributed by atoms with van der Waals surface area (Å²) in [5.74, 6) is 2.06. The Morgan fingerprint density at radius 1 is 0.960 bits per heavy atom. The van der Waals surface area contributed by atoms with Gasteiger partial charge in [0.15, 0.2) is 5.82 Å². The summed E-state index contributed by atoms with van der Waals surface area (Å²) in [6, 6.07) is 21.3. The molecule has 0 spiro atoms. The van der Waals surface area contributed by atoms with Crippen LogP contribution in [0.15, 0.2) is 65.2 Å². The Morgan fingerprint density at radius 3 is 2.52 bits per heavy atom. The van der Waals surface area contributed by atoms with Crippen LogP contribution in [0.3, 0.4) is 0 Å². The minimum Gasteiger partial charge on any atom is -0.338 e. The van der Waals surface area contributed by atoms with Gasteiger partial charge in [0, 0.05) is 13.0 Å². The number of rotatable bonds is 6. The number of hydrogen-bond acceptors (Lipinski definition) is 4. The Labute approximate surface area is 148 Å². The molecule has 0 bridgehead atoms. The van der Waals surface area contributed by atoms with E-state index in [-0.39, 0.29) is 6.04 Å². The van der Waals surface area contributed by atoms with Crippen LogP contribution in [0.4, 0.5) is 0 Å². The molecule has 1 fully saturated rings. The second-order valence-electron chi connectivity index (χ2n) is 6.69. The summed E-state index contributed by atoms with van der Waals surface area (Å²) >= 11 is 0. The average Bonchev–Trinajstić information content (AvgIpc) is 3.33. The SMILES string of the molecule is c1ccc(CCCc2noc([C@@H]3C[C@@H](c4ccccc4)CN3)n2)cc1. The van der Waals surface area contributed by atoms with E-state index in [1.807, 2.05) is 6.07 Å². The van der Waals surface area contributed by atoms with E-state index in [1.54, 1.807) is 0 Å². The monoisotopic (exact) mass is 333 g/mol. The van der Waals surface area contributed by atoms with E-state index in [0.717, 1.165) is 43.9 Å². The summed E-state index contributed by atoms with van der Waals surface area (Å²) < 4.78 is 5.51. The third kappa shape index (κ3) is 3.97. The van der Waals surface area contributed by atoms with Crippen molar-refractivity contribution in [1.29, 1.82) is 0 Å². The number of aryl methyl sites for hydroxylation is 2. The molecule has 2 atom stereocenters. The van der Waals surface area contributed by atoms with Crippen molar-refractivity contribution in [3.63, 3.8) is 0 Å². The number of benzene rings is 2. The molecule has 0 radical (unpaired) electrons. The van der Waals surface area contributed by atoms with Crippen LogP contribution >= 0.6 is 0 Å². The number of hydrogen-bond donors (Lipinski definition) is 1. The van der Waals surface area contributed by atoms with Gasteiger partial charge in [0.05, 0.1) is 6.04 Å². The van der Waals surface area contributed by atoms with Gasteiger partial charge in [-0.1, -0.05) is 65.8 Å². The second-order valence-corrected chi connectivity index (χ2v) is 6.69. The summed E-state index contributed by atoms with van der Waals surface area (Å²) in [6.07, 6.45) is 3.94. The van der Waals surface area contributed by atoms with Crippen molar-refractivity contribution in [2.75, 3.05) is 6.54 Å². The van der Waals surface area contributed by atoms with Crippen molar-refractivity contribution in [3.8, 4) is 0 Å². The number of nitrogens with one attached hydrogen (secondary N) is 1. The highest BCUT2D eigenvalue weighted by atomic mass is 16.5.